The molecule has 1 heterocycles. The lowest BCUT2D eigenvalue weighted by molar-refractivity contribution is -0.489. The van der Waals surface area contributed by atoms with Crippen LogP contribution in [0.2, 0.25) is 0 Å². The molecule has 0 atom stereocenters. The molecule has 2 nitrogen and oxygen atoms in total. The number of hydrogen-bond donors (Lipinski definition) is 0. The summed E-state index contributed by atoms with van der Waals surface area (Å²) in [6.45, 7) is 1.55. The summed E-state index contributed by atoms with van der Waals surface area (Å²) in [7, 11) is 0. The number of hydrogen-bond acceptors (Lipinski definition) is 2. The van der Waals surface area contributed by atoms with Crippen LogP contribution in [0.5, 0.6) is 0 Å². The summed E-state index contributed by atoms with van der Waals surface area (Å²) in [6.07, 6.45) is -11.3. The minimum absolute atomic E-state index is 0.675. The van der Waals surface area contributed by atoms with E-state index in [-0.39, 0.29) is 0 Å². The first-order chi connectivity index (χ1) is 6.91. The van der Waals surface area contributed by atoms with Gasteiger partial charge >= 0.3 is 18.1 Å². The van der Waals surface area contributed by atoms with Crippen molar-refractivity contribution in [3.63, 3.8) is 0 Å². The molecule has 0 aliphatic carbocycles. The highest BCUT2D eigenvalue weighted by Crippen LogP contribution is 2.49. The molecule has 0 spiro atoms. The van der Waals surface area contributed by atoms with Gasteiger partial charge < -0.3 is 9.47 Å². The SMILES string of the molecule is CC1(C)COC(C(F)(F)F)(C(F)(F)F)OC1. The van der Waals surface area contributed by atoms with E-state index < -0.39 is 36.8 Å². The Balaban J connectivity index is 3.03. The maximum absolute atomic E-state index is 12.4. The summed E-state index contributed by atoms with van der Waals surface area (Å²) in [6, 6.07) is 0. The zero-order valence-corrected chi connectivity index (χ0v) is 8.50. The predicted octanol–water partition coefficient (Wildman–Crippen LogP) is 2.88. The second-order valence-electron chi connectivity index (χ2n) is 4.35. The molecule has 0 N–H and O–H groups in total. The van der Waals surface area contributed by atoms with E-state index in [0.29, 0.717) is 0 Å². The Kier molecular flexibility index (Phi) is 2.96. The lowest BCUT2D eigenvalue weighted by Crippen LogP contribution is -2.64. The first-order valence-electron chi connectivity index (χ1n) is 4.33. The van der Waals surface area contributed by atoms with Crippen LogP contribution >= 0.6 is 0 Å². The monoisotopic (exact) mass is 252 g/mol. The van der Waals surface area contributed by atoms with Gasteiger partial charge in [0, 0.05) is 5.41 Å². The Morgan fingerprint density at radius 2 is 1.12 bits per heavy atom. The van der Waals surface area contributed by atoms with Crippen LogP contribution < -0.4 is 0 Å². The quantitative estimate of drug-likeness (QED) is 0.617. The van der Waals surface area contributed by atoms with Crippen molar-refractivity contribution in [3.05, 3.63) is 0 Å². The van der Waals surface area contributed by atoms with E-state index >= 15 is 0 Å². The van der Waals surface area contributed by atoms with Crippen LogP contribution in [0.1, 0.15) is 13.8 Å². The zero-order chi connectivity index (χ0) is 12.8. The molecule has 1 rings (SSSR count). The van der Waals surface area contributed by atoms with E-state index in [9.17, 15) is 26.3 Å². The second kappa shape index (κ2) is 3.49. The van der Waals surface area contributed by atoms with E-state index in [0.717, 1.165) is 0 Å². The Morgan fingerprint density at radius 1 is 0.812 bits per heavy atom. The van der Waals surface area contributed by atoms with Crippen molar-refractivity contribution in [1.29, 1.82) is 0 Å². The van der Waals surface area contributed by atoms with Gasteiger partial charge in [-0.05, 0) is 0 Å². The molecule has 8 heteroatoms. The largest absolute Gasteiger partial charge is 0.453 e. The molecule has 0 aromatic carbocycles. The number of rotatable bonds is 0. The molecule has 1 fully saturated rings. The highest BCUT2D eigenvalue weighted by atomic mass is 19.4. The normalized spacial score (nSPS) is 25.5. The Hall–Kier alpha value is -0.500. The summed E-state index contributed by atoms with van der Waals surface area (Å²) in [5.41, 5.74) is -0.875. The van der Waals surface area contributed by atoms with Gasteiger partial charge in [-0.2, -0.15) is 26.3 Å². The van der Waals surface area contributed by atoms with Crippen molar-refractivity contribution in [3.8, 4) is 0 Å². The third kappa shape index (κ3) is 2.13. The molecule has 16 heavy (non-hydrogen) atoms. The average Bonchev–Trinajstić information content (AvgIpc) is 1.98. The van der Waals surface area contributed by atoms with Crippen molar-refractivity contribution >= 4 is 0 Å². The molecule has 0 amide bonds. The van der Waals surface area contributed by atoms with Gasteiger partial charge in [0.15, 0.2) is 0 Å². The average molecular weight is 252 g/mol. The van der Waals surface area contributed by atoms with Crippen LogP contribution in [-0.2, 0) is 9.47 Å². The van der Waals surface area contributed by atoms with Crippen molar-refractivity contribution in [2.75, 3.05) is 13.2 Å². The molecule has 0 aromatic heterocycles. The number of halogens is 6. The van der Waals surface area contributed by atoms with Crippen LogP contribution in [0, 0.1) is 5.41 Å². The summed E-state index contributed by atoms with van der Waals surface area (Å²) in [4.78, 5) is 0. The van der Waals surface area contributed by atoms with Gasteiger partial charge in [0.05, 0.1) is 13.2 Å². The number of alkyl halides is 6. The summed E-state index contributed by atoms with van der Waals surface area (Å²) < 4.78 is 82.1. The molecule has 96 valence electrons. The van der Waals surface area contributed by atoms with E-state index in [2.05, 4.69) is 9.47 Å². The van der Waals surface area contributed by atoms with E-state index in [1.807, 2.05) is 0 Å². The maximum Gasteiger partial charge on any atom is 0.453 e. The van der Waals surface area contributed by atoms with Gasteiger partial charge in [0.2, 0.25) is 0 Å². The van der Waals surface area contributed by atoms with Crippen molar-refractivity contribution in [1.82, 2.24) is 0 Å². The van der Waals surface area contributed by atoms with Crippen molar-refractivity contribution < 1.29 is 35.8 Å². The molecular weight excluding hydrogens is 242 g/mol. The molecule has 1 aliphatic heterocycles. The molecular formula is C8H10F6O2. The fraction of sp³-hybridized carbons (Fsp3) is 1.00. The van der Waals surface area contributed by atoms with Gasteiger partial charge in [0.25, 0.3) is 0 Å². The molecule has 0 unspecified atom stereocenters. The van der Waals surface area contributed by atoms with Gasteiger partial charge in [-0.15, -0.1) is 0 Å². The van der Waals surface area contributed by atoms with Crippen molar-refractivity contribution in [2.45, 2.75) is 32.0 Å². The number of ether oxygens (including phenoxy) is 2. The minimum atomic E-state index is -5.65. The zero-order valence-electron chi connectivity index (χ0n) is 8.50. The topological polar surface area (TPSA) is 18.5 Å². The second-order valence-corrected chi connectivity index (χ2v) is 4.35. The Bertz CT molecular complexity index is 241. The maximum atomic E-state index is 12.4. The first-order valence-corrected chi connectivity index (χ1v) is 4.33. The first kappa shape index (κ1) is 13.6. The van der Waals surface area contributed by atoms with Gasteiger partial charge in [-0.3, -0.25) is 0 Å². The summed E-state index contributed by atoms with van der Waals surface area (Å²) in [5.74, 6) is -4.49. The Morgan fingerprint density at radius 3 is 1.38 bits per heavy atom. The molecule has 0 aromatic rings. The summed E-state index contributed by atoms with van der Waals surface area (Å²) in [5, 5.41) is 0. The lowest BCUT2D eigenvalue weighted by atomic mass is 9.94. The molecule has 1 aliphatic rings. The fourth-order valence-electron chi connectivity index (χ4n) is 1.17. The molecule has 0 radical (unpaired) electrons. The van der Waals surface area contributed by atoms with Crippen LogP contribution in [0.4, 0.5) is 26.3 Å². The van der Waals surface area contributed by atoms with Gasteiger partial charge in [0.1, 0.15) is 0 Å². The highest BCUT2D eigenvalue weighted by molar-refractivity contribution is 4.91. The van der Waals surface area contributed by atoms with Gasteiger partial charge in [-0.25, -0.2) is 0 Å². The smallest absolute Gasteiger partial charge is 0.335 e. The van der Waals surface area contributed by atoms with Crippen LogP contribution in [0.15, 0.2) is 0 Å². The summed E-state index contributed by atoms with van der Waals surface area (Å²) >= 11 is 0. The third-order valence-electron chi connectivity index (χ3n) is 2.08. The molecule has 0 saturated carbocycles. The van der Waals surface area contributed by atoms with Crippen LogP contribution in [-0.4, -0.2) is 31.4 Å². The fourth-order valence-corrected chi connectivity index (χ4v) is 1.17. The van der Waals surface area contributed by atoms with E-state index in [1.165, 1.54) is 13.8 Å². The van der Waals surface area contributed by atoms with Crippen molar-refractivity contribution in [2.24, 2.45) is 5.41 Å². The highest BCUT2D eigenvalue weighted by Gasteiger charge is 2.76. The van der Waals surface area contributed by atoms with Crippen LogP contribution in [0.3, 0.4) is 0 Å². The predicted molar refractivity (Wildman–Crippen MR) is 40.5 cm³/mol. The van der Waals surface area contributed by atoms with Gasteiger partial charge in [-0.1, -0.05) is 13.8 Å². The van der Waals surface area contributed by atoms with E-state index in [1.54, 1.807) is 0 Å². The molecule has 1 saturated heterocycles. The third-order valence-corrected chi connectivity index (χ3v) is 2.08. The standard InChI is InChI=1S/C8H10F6O2/c1-5(2)3-15-6(16-4-5,7(9,10)11)8(12,13)14/h3-4H2,1-2H3. The Labute approximate surface area is 87.5 Å². The minimum Gasteiger partial charge on any atom is -0.335 e. The van der Waals surface area contributed by atoms with Crippen LogP contribution in [0.25, 0.3) is 0 Å². The molecule has 0 bridgehead atoms. The van der Waals surface area contributed by atoms with E-state index in [4.69, 9.17) is 0 Å². The lowest BCUT2D eigenvalue weighted by Gasteiger charge is -2.44.